The minimum atomic E-state index is -0.496. The number of hydrogen-bond acceptors (Lipinski definition) is 4. The van der Waals surface area contributed by atoms with Crippen LogP contribution in [0.1, 0.15) is 5.82 Å². The summed E-state index contributed by atoms with van der Waals surface area (Å²) in [6.07, 6.45) is 0. The first kappa shape index (κ1) is 22.2. The van der Waals surface area contributed by atoms with E-state index in [0.717, 1.165) is 4.90 Å². The van der Waals surface area contributed by atoms with Gasteiger partial charge in [-0.3, -0.25) is 14.2 Å². The number of nitrogens with zero attached hydrogens (tertiary/aromatic N) is 2. The van der Waals surface area contributed by atoms with Gasteiger partial charge >= 0.3 is 0 Å². The van der Waals surface area contributed by atoms with Crippen LogP contribution in [-0.2, 0) is 4.79 Å². The van der Waals surface area contributed by atoms with Crippen LogP contribution in [0.25, 0.3) is 16.6 Å². The highest BCUT2D eigenvalue weighted by Gasteiger charge is 2.11. The summed E-state index contributed by atoms with van der Waals surface area (Å²) in [6.45, 7) is 1.71. The molecule has 1 heterocycles. The van der Waals surface area contributed by atoms with Gasteiger partial charge in [-0.25, -0.2) is 13.8 Å². The largest absolute Gasteiger partial charge is 0.325 e. The van der Waals surface area contributed by atoms with E-state index in [1.54, 1.807) is 31.2 Å². The molecule has 1 amide bonds. The van der Waals surface area contributed by atoms with Crippen molar-refractivity contribution < 1.29 is 13.6 Å². The van der Waals surface area contributed by atoms with Gasteiger partial charge in [0.2, 0.25) is 5.91 Å². The first-order chi connectivity index (χ1) is 15.3. The molecule has 0 unspecified atom stereocenters. The van der Waals surface area contributed by atoms with Crippen molar-refractivity contribution in [1.29, 1.82) is 0 Å². The third-order valence-corrected chi connectivity index (χ3v) is 6.29. The van der Waals surface area contributed by atoms with Gasteiger partial charge in [-0.2, -0.15) is 0 Å². The predicted octanol–water partition coefficient (Wildman–Crippen LogP) is 5.47. The first-order valence-electron chi connectivity index (χ1n) is 9.49. The van der Waals surface area contributed by atoms with Gasteiger partial charge in [0, 0.05) is 10.6 Å². The zero-order valence-corrected chi connectivity index (χ0v) is 19.1. The van der Waals surface area contributed by atoms with Crippen LogP contribution in [0.3, 0.4) is 0 Å². The molecule has 0 aliphatic rings. The lowest BCUT2D eigenvalue weighted by Gasteiger charge is -2.11. The van der Waals surface area contributed by atoms with Crippen molar-refractivity contribution in [2.75, 3.05) is 11.1 Å². The Labute approximate surface area is 194 Å². The number of rotatable bonds is 5. The van der Waals surface area contributed by atoms with Gasteiger partial charge in [-0.05, 0) is 83.5 Å². The Bertz CT molecular complexity index is 1390. The molecular weight excluding hydrogens is 500 g/mol. The summed E-state index contributed by atoms with van der Waals surface area (Å²) in [5.41, 5.74) is 1.18. The summed E-state index contributed by atoms with van der Waals surface area (Å²) in [4.78, 5) is 30.3. The van der Waals surface area contributed by atoms with E-state index in [9.17, 15) is 18.4 Å². The second-order valence-corrected chi connectivity index (χ2v) is 8.82. The van der Waals surface area contributed by atoms with E-state index in [-0.39, 0.29) is 27.1 Å². The number of hydrogen-bond donors (Lipinski definition) is 1. The molecule has 1 aromatic heterocycles. The molecule has 0 radical (unpaired) electrons. The Kier molecular flexibility index (Phi) is 6.38. The van der Waals surface area contributed by atoms with Gasteiger partial charge in [0.15, 0.2) is 0 Å². The Morgan fingerprint density at radius 2 is 1.84 bits per heavy atom. The van der Waals surface area contributed by atoms with Crippen molar-refractivity contribution in [2.24, 2.45) is 0 Å². The minimum Gasteiger partial charge on any atom is -0.325 e. The molecule has 3 aromatic carbocycles. The van der Waals surface area contributed by atoms with Crippen LogP contribution in [0.15, 0.2) is 74.8 Å². The SMILES string of the molecule is Cc1nc2ccc(F)cc2c(=O)n1-c1ccc(SCC(=O)Nc2ccc(F)c(Br)c2)cc1. The minimum absolute atomic E-state index is 0.157. The second kappa shape index (κ2) is 9.22. The Balaban J connectivity index is 1.48. The van der Waals surface area contributed by atoms with E-state index >= 15 is 0 Å². The number of carbonyl (C=O) groups is 1. The number of anilines is 1. The standard InChI is InChI=1S/C23H16BrF2N3O2S/c1-13-27-21-9-2-14(25)10-18(21)23(31)29(13)16-4-6-17(7-5-16)32-12-22(30)28-15-3-8-20(26)19(24)11-15/h2-11H,12H2,1H3,(H,28,30). The molecule has 0 spiro atoms. The molecule has 0 atom stereocenters. The van der Waals surface area contributed by atoms with Crippen LogP contribution in [-0.4, -0.2) is 21.2 Å². The van der Waals surface area contributed by atoms with Crippen molar-refractivity contribution in [1.82, 2.24) is 9.55 Å². The molecule has 4 rings (SSSR count). The van der Waals surface area contributed by atoms with Crippen molar-refractivity contribution >= 4 is 50.2 Å². The topological polar surface area (TPSA) is 64.0 Å². The molecule has 1 N–H and O–H groups in total. The normalized spacial score (nSPS) is 11.0. The number of halogens is 3. The van der Waals surface area contributed by atoms with Crippen LogP contribution in [0, 0.1) is 18.6 Å². The molecule has 0 aliphatic carbocycles. The molecule has 5 nitrogen and oxygen atoms in total. The molecule has 9 heteroatoms. The highest BCUT2D eigenvalue weighted by molar-refractivity contribution is 9.10. The molecule has 32 heavy (non-hydrogen) atoms. The van der Waals surface area contributed by atoms with Gasteiger partial charge in [-0.15, -0.1) is 11.8 Å². The van der Waals surface area contributed by atoms with Crippen molar-refractivity contribution in [3.05, 3.63) is 92.9 Å². The number of benzene rings is 3. The second-order valence-electron chi connectivity index (χ2n) is 6.92. The van der Waals surface area contributed by atoms with Gasteiger partial charge in [0.05, 0.1) is 26.8 Å². The smallest absolute Gasteiger partial charge is 0.266 e. The maximum absolute atomic E-state index is 13.6. The van der Waals surface area contributed by atoms with Gasteiger partial charge in [0.1, 0.15) is 17.5 Å². The fourth-order valence-corrected chi connectivity index (χ4v) is 4.26. The summed E-state index contributed by atoms with van der Waals surface area (Å²) in [5, 5.41) is 2.92. The van der Waals surface area contributed by atoms with Gasteiger partial charge in [-0.1, -0.05) is 0 Å². The summed E-state index contributed by atoms with van der Waals surface area (Å²) in [6, 6.07) is 15.3. The van der Waals surface area contributed by atoms with E-state index in [2.05, 4.69) is 26.2 Å². The van der Waals surface area contributed by atoms with Crippen molar-refractivity contribution in [2.45, 2.75) is 11.8 Å². The number of amides is 1. The van der Waals surface area contributed by atoms with Gasteiger partial charge in [0.25, 0.3) is 5.56 Å². The monoisotopic (exact) mass is 515 g/mol. The van der Waals surface area contributed by atoms with Crippen LogP contribution >= 0.6 is 27.7 Å². The molecule has 0 saturated heterocycles. The Morgan fingerprint density at radius 1 is 1.09 bits per heavy atom. The lowest BCUT2D eigenvalue weighted by atomic mass is 10.2. The van der Waals surface area contributed by atoms with Crippen LogP contribution in [0.4, 0.5) is 14.5 Å². The molecular formula is C23H16BrF2N3O2S. The number of aryl methyl sites for hydroxylation is 1. The van der Waals surface area contributed by atoms with Crippen LogP contribution < -0.4 is 10.9 Å². The molecule has 4 aromatic rings. The number of nitrogens with one attached hydrogen (secondary N) is 1. The fourth-order valence-electron chi connectivity index (χ4n) is 3.18. The number of carbonyl (C=O) groups excluding carboxylic acids is 1. The van der Waals surface area contributed by atoms with Crippen molar-refractivity contribution in [3.63, 3.8) is 0 Å². The summed E-state index contributed by atoms with van der Waals surface area (Å²) >= 11 is 4.41. The zero-order valence-electron chi connectivity index (χ0n) is 16.7. The molecule has 0 aliphatic heterocycles. The Hall–Kier alpha value is -3.04. The number of aromatic nitrogens is 2. The number of thioether (sulfide) groups is 1. The summed E-state index contributed by atoms with van der Waals surface area (Å²) < 4.78 is 28.6. The maximum atomic E-state index is 13.6. The highest BCUT2D eigenvalue weighted by Crippen LogP contribution is 2.23. The van der Waals surface area contributed by atoms with Crippen LogP contribution in [0.5, 0.6) is 0 Å². The van der Waals surface area contributed by atoms with E-state index in [4.69, 9.17) is 0 Å². The molecule has 162 valence electrons. The van der Waals surface area contributed by atoms with Gasteiger partial charge < -0.3 is 5.32 Å². The summed E-state index contributed by atoms with van der Waals surface area (Å²) in [5.74, 6) is -0.488. The summed E-state index contributed by atoms with van der Waals surface area (Å²) in [7, 11) is 0. The molecule has 0 fully saturated rings. The number of fused-ring (bicyclic) bond motifs is 1. The fraction of sp³-hybridized carbons (Fsp3) is 0.0870. The first-order valence-corrected chi connectivity index (χ1v) is 11.3. The highest BCUT2D eigenvalue weighted by atomic mass is 79.9. The van der Waals surface area contributed by atoms with E-state index in [1.165, 1.54) is 52.7 Å². The zero-order chi connectivity index (χ0) is 22.8. The maximum Gasteiger partial charge on any atom is 0.266 e. The van der Waals surface area contributed by atoms with E-state index in [1.807, 2.05) is 0 Å². The lowest BCUT2D eigenvalue weighted by molar-refractivity contribution is -0.113. The quantitative estimate of drug-likeness (QED) is 0.358. The average Bonchev–Trinajstić information content (AvgIpc) is 2.76. The van der Waals surface area contributed by atoms with Crippen LogP contribution in [0.2, 0.25) is 0 Å². The van der Waals surface area contributed by atoms with E-state index < -0.39 is 11.6 Å². The molecule has 0 saturated carbocycles. The average molecular weight is 516 g/mol. The third-order valence-electron chi connectivity index (χ3n) is 4.67. The third kappa shape index (κ3) is 4.73. The molecule has 0 bridgehead atoms. The predicted molar refractivity (Wildman–Crippen MR) is 125 cm³/mol. The van der Waals surface area contributed by atoms with E-state index in [0.29, 0.717) is 22.7 Å². The van der Waals surface area contributed by atoms with Crippen molar-refractivity contribution in [3.8, 4) is 5.69 Å². The Morgan fingerprint density at radius 3 is 2.56 bits per heavy atom. The lowest BCUT2D eigenvalue weighted by Crippen LogP contribution is -2.22.